The maximum Gasteiger partial charge on any atom is 0.327 e. The molecule has 0 saturated heterocycles. The van der Waals surface area contributed by atoms with Crippen LogP contribution in [-0.4, -0.2) is 58.3 Å². The molecule has 0 spiro atoms. The van der Waals surface area contributed by atoms with E-state index in [4.69, 9.17) is 0 Å². The second-order valence-corrected chi connectivity index (χ2v) is 4.48. The van der Waals surface area contributed by atoms with Crippen molar-refractivity contribution in [2.24, 2.45) is 0 Å². The van der Waals surface area contributed by atoms with Gasteiger partial charge < -0.3 is 4.74 Å². The van der Waals surface area contributed by atoms with E-state index in [-0.39, 0.29) is 6.54 Å². The molecule has 0 aliphatic carbocycles. The van der Waals surface area contributed by atoms with Crippen LogP contribution in [0.4, 0.5) is 0 Å². The molecule has 0 radical (unpaired) electrons. The number of esters is 1. The van der Waals surface area contributed by atoms with Gasteiger partial charge in [0, 0.05) is 0 Å². The molecule has 0 aliphatic rings. The first-order valence-electron chi connectivity index (χ1n) is 5.31. The number of carbonyl (C=O) groups is 1. The molecule has 20 heavy (non-hydrogen) atoms. The molecule has 0 aromatic carbocycles. The fourth-order valence-electron chi connectivity index (χ4n) is 1.37. The summed E-state index contributed by atoms with van der Waals surface area (Å²) in [5.41, 5.74) is 0.502. The molecular formula is C8H7N9O2S. The van der Waals surface area contributed by atoms with Gasteiger partial charge in [-0.25, -0.2) is 4.68 Å². The molecule has 11 nitrogen and oxygen atoms in total. The minimum atomic E-state index is -0.446. The molecular weight excluding hydrogens is 286 g/mol. The van der Waals surface area contributed by atoms with Crippen LogP contribution < -0.4 is 0 Å². The number of aromatic nitrogens is 9. The standard InChI is InChI=1S/C8H7N9O2S/c1-19-7(18)4-16-8(11-13-14-16)20-6-3-9-2-5-10-12-15-17(5)6/h2-3H,4H2,1H3. The van der Waals surface area contributed by atoms with E-state index in [0.717, 1.165) is 0 Å². The van der Waals surface area contributed by atoms with Gasteiger partial charge in [-0.15, -0.1) is 10.2 Å². The maximum absolute atomic E-state index is 11.3. The number of nitrogens with zero attached hydrogens (tertiary/aromatic N) is 9. The first-order valence-corrected chi connectivity index (χ1v) is 6.12. The summed E-state index contributed by atoms with van der Waals surface area (Å²) in [6.45, 7) is -0.0785. The van der Waals surface area contributed by atoms with Gasteiger partial charge in [-0.3, -0.25) is 9.78 Å². The number of fused-ring (bicyclic) bond motifs is 1. The van der Waals surface area contributed by atoms with E-state index in [0.29, 0.717) is 15.8 Å². The highest BCUT2D eigenvalue weighted by Crippen LogP contribution is 2.24. The van der Waals surface area contributed by atoms with E-state index < -0.39 is 5.97 Å². The average molecular weight is 293 g/mol. The Bertz CT molecular complexity index is 753. The number of methoxy groups -OCH3 is 1. The zero-order valence-corrected chi connectivity index (χ0v) is 10.9. The van der Waals surface area contributed by atoms with Crippen molar-refractivity contribution in [1.29, 1.82) is 0 Å². The average Bonchev–Trinajstić information content (AvgIpc) is 3.09. The summed E-state index contributed by atoms with van der Waals surface area (Å²) < 4.78 is 7.39. The Morgan fingerprint density at radius 1 is 1.30 bits per heavy atom. The van der Waals surface area contributed by atoms with Crippen molar-refractivity contribution in [2.45, 2.75) is 16.7 Å². The fourth-order valence-corrected chi connectivity index (χ4v) is 2.17. The molecule has 0 aliphatic heterocycles. The van der Waals surface area contributed by atoms with Crippen LogP contribution in [0.1, 0.15) is 0 Å². The van der Waals surface area contributed by atoms with Crippen LogP contribution in [0.3, 0.4) is 0 Å². The Balaban J connectivity index is 1.90. The first-order chi connectivity index (χ1) is 9.78. The minimum Gasteiger partial charge on any atom is -0.468 e. The number of tetrazole rings is 2. The van der Waals surface area contributed by atoms with Gasteiger partial charge in [-0.2, -0.15) is 4.52 Å². The lowest BCUT2D eigenvalue weighted by atomic mass is 10.7. The highest BCUT2D eigenvalue weighted by atomic mass is 32.2. The van der Waals surface area contributed by atoms with Crippen LogP contribution >= 0.6 is 11.8 Å². The lowest BCUT2D eigenvalue weighted by Crippen LogP contribution is -2.13. The van der Waals surface area contributed by atoms with Crippen molar-refractivity contribution in [3.05, 3.63) is 12.4 Å². The summed E-state index contributed by atoms with van der Waals surface area (Å²) in [5, 5.41) is 23.3. The van der Waals surface area contributed by atoms with Crippen molar-refractivity contribution in [3.63, 3.8) is 0 Å². The third-order valence-corrected chi connectivity index (χ3v) is 3.24. The molecule has 0 amide bonds. The fraction of sp³-hybridized carbons (Fsp3) is 0.250. The molecule has 12 heteroatoms. The first kappa shape index (κ1) is 12.4. The van der Waals surface area contributed by atoms with Crippen LogP contribution in [0, 0.1) is 0 Å². The molecule has 0 bridgehead atoms. The Morgan fingerprint density at radius 3 is 3.00 bits per heavy atom. The molecule has 3 aromatic heterocycles. The molecule has 0 atom stereocenters. The van der Waals surface area contributed by atoms with Crippen LogP contribution in [0.5, 0.6) is 0 Å². The topological polar surface area (TPSA) is 126 Å². The van der Waals surface area contributed by atoms with E-state index in [9.17, 15) is 4.79 Å². The van der Waals surface area contributed by atoms with Gasteiger partial charge in [0.1, 0.15) is 11.6 Å². The summed E-state index contributed by atoms with van der Waals surface area (Å²) in [6, 6.07) is 0. The van der Waals surface area contributed by atoms with Crippen molar-refractivity contribution < 1.29 is 9.53 Å². The molecule has 3 rings (SSSR count). The predicted molar refractivity (Wildman–Crippen MR) is 62.5 cm³/mol. The summed E-state index contributed by atoms with van der Waals surface area (Å²) >= 11 is 1.18. The van der Waals surface area contributed by atoms with E-state index in [1.807, 2.05) is 0 Å². The van der Waals surface area contributed by atoms with Crippen molar-refractivity contribution >= 4 is 23.4 Å². The van der Waals surface area contributed by atoms with Gasteiger partial charge in [-0.05, 0) is 32.6 Å². The highest BCUT2D eigenvalue weighted by Gasteiger charge is 2.14. The molecule has 0 N–H and O–H groups in total. The molecule has 0 saturated carbocycles. The van der Waals surface area contributed by atoms with E-state index >= 15 is 0 Å². The van der Waals surface area contributed by atoms with Gasteiger partial charge in [0.25, 0.3) is 0 Å². The Kier molecular flexibility index (Phi) is 3.20. The predicted octanol–water partition coefficient (Wildman–Crippen LogP) is -1.17. The van der Waals surface area contributed by atoms with Gasteiger partial charge in [0.2, 0.25) is 5.16 Å². The van der Waals surface area contributed by atoms with E-state index in [1.54, 1.807) is 6.20 Å². The zero-order valence-electron chi connectivity index (χ0n) is 10.1. The summed E-state index contributed by atoms with van der Waals surface area (Å²) in [7, 11) is 1.30. The van der Waals surface area contributed by atoms with Crippen LogP contribution in [-0.2, 0) is 16.1 Å². The Labute approximate surface area is 115 Å². The summed E-state index contributed by atoms with van der Waals surface area (Å²) in [6.07, 6.45) is 3.10. The summed E-state index contributed by atoms with van der Waals surface area (Å²) in [4.78, 5) is 15.3. The second-order valence-electron chi connectivity index (χ2n) is 3.49. The third-order valence-electron chi connectivity index (χ3n) is 2.28. The van der Waals surface area contributed by atoms with Crippen LogP contribution in [0.2, 0.25) is 0 Å². The number of rotatable bonds is 4. The van der Waals surface area contributed by atoms with Crippen LogP contribution in [0.15, 0.2) is 22.6 Å². The van der Waals surface area contributed by atoms with Gasteiger partial charge in [0.05, 0.1) is 19.5 Å². The Morgan fingerprint density at radius 2 is 2.15 bits per heavy atom. The smallest absolute Gasteiger partial charge is 0.327 e. The lowest BCUT2D eigenvalue weighted by molar-refractivity contribution is -0.141. The number of ether oxygens (including phenoxy) is 1. The number of hydrogen-bond acceptors (Lipinski definition) is 10. The van der Waals surface area contributed by atoms with Crippen molar-refractivity contribution in [3.8, 4) is 0 Å². The number of hydrogen-bond donors (Lipinski definition) is 0. The quantitative estimate of drug-likeness (QED) is 0.543. The monoisotopic (exact) mass is 293 g/mol. The Hall–Kier alpha value is -2.63. The van der Waals surface area contributed by atoms with Crippen LogP contribution in [0.25, 0.3) is 5.65 Å². The molecule has 0 unspecified atom stereocenters. The maximum atomic E-state index is 11.3. The largest absolute Gasteiger partial charge is 0.468 e. The third kappa shape index (κ3) is 2.27. The van der Waals surface area contributed by atoms with Gasteiger partial charge >= 0.3 is 5.97 Å². The lowest BCUT2D eigenvalue weighted by Gasteiger charge is -2.03. The second kappa shape index (κ2) is 5.16. The van der Waals surface area contributed by atoms with E-state index in [1.165, 1.54) is 34.3 Å². The van der Waals surface area contributed by atoms with Crippen molar-refractivity contribution in [2.75, 3.05) is 7.11 Å². The molecule has 0 fully saturated rings. The SMILES string of the molecule is COC(=O)Cn1nnnc1Sc1cncc2nnnn12. The van der Waals surface area contributed by atoms with Gasteiger partial charge in [-0.1, -0.05) is 0 Å². The molecule has 3 aromatic rings. The van der Waals surface area contributed by atoms with Crippen molar-refractivity contribution in [1.82, 2.24) is 45.2 Å². The molecule has 3 heterocycles. The zero-order chi connectivity index (χ0) is 13.9. The minimum absolute atomic E-state index is 0.0785. The normalized spacial score (nSPS) is 10.8. The van der Waals surface area contributed by atoms with E-state index in [2.05, 4.69) is 40.8 Å². The molecule has 102 valence electrons. The summed E-state index contributed by atoms with van der Waals surface area (Å²) in [5.74, 6) is -0.446. The highest BCUT2D eigenvalue weighted by molar-refractivity contribution is 7.99. The van der Waals surface area contributed by atoms with Gasteiger partial charge in [0.15, 0.2) is 5.65 Å². The number of carbonyl (C=O) groups excluding carboxylic acids is 1.